The van der Waals surface area contributed by atoms with Gasteiger partial charge in [-0.15, -0.1) is 0 Å². The molecule has 1 atom stereocenters. The Balaban J connectivity index is 1.85. The quantitative estimate of drug-likeness (QED) is 0.768. The van der Waals surface area contributed by atoms with Crippen LogP contribution in [0, 0.1) is 0 Å². The lowest BCUT2D eigenvalue weighted by Gasteiger charge is -2.18. The molecule has 1 saturated carbocycles. The fourth-order valence-corrected chi connectivity index (χ4v) is 2.60. The van der Waals surface area contributed by atoms with Gasteiger partial charge in [-0.3, -0.25) is 0 Å². The van der Waals surface area contributed by atoms with Crippen LogP contribution >= 0.6 is 12.6 Å². The molecule has 2 heteroatoms. The minimum absolute atomic E-state index is 0.435. The largest absolute Gasteiger partial charge is 0.378 e. The molecular formula is C14H20OS. The van der Waals surface area contributed by atoms with Gasteiger partial charge in [0.2, 0.25) is 0 Å². The van der Waals surface area contributed by atoms with Crippen molar-refractivity contribution in [2.45, 2.75) is 37.7 Å². The van der Waals surface area contributed by atoms with Crippen LogP contribution < -0.4 is 0 Å². The Morgan fingerprint density at radius 3 is 2.50 bits per heavy atom. The summed E-state index contributed by atoms with van der Waals surface area (Å²) in [5.41, 5.74) is 1.34. The average molecular weight is 236 g/mol. The van der Waals surface area contributed by atoms with Crippen LogP contribution in [-0.4, -0.2) is 18.5 Å². The summed E-state index contributed by atoms with van der Waals surface area (Å²) in [5, 5.41) is 0. The Hall–Kier alpha value is -0.470. The van der Waals surface area contributed by atoms with Crippen molar-refractivity contribution in [3.63, 3.8) is 0 Å². The lowest BCUT2D eigenvalue weighted by molar-refractivity contribution is 0.0513. The van der Waals surface area contributed by atoms with Gasteiger partial charge in [-0.2, -0.15) is 12.6 Å². The molecule has 0 spiro atoms. The van der Waals surface area contributed by atoms with Crippen LogP contribution in [0.2, 0.25) is 0 Å². The summed E-state index contributed by atoms with van der Waals surface area (Å²) in [7, 11) is 0. The maximum Gasteiger partial charge on any atom is 0.0575 e. The van der Waals surface area contributed by atoms with E-state index >= 15 is 0 Å². The Morgan fingerprint density at radius 1 is 1.19 bits per heavy atom. The van der Waals surface area contributed by atoms with Crippen LogP contribution in [0.15, 0.2) is 30.3 Å². The maximum absolute atomic E-state index is 5.96. The van der Waals surface area contributed by atoms with Crippen LogP contribution in [0.5, 0.6) is 0 Å². The minimum Gasteiger partial charge on any atom is -0.378 e. The number of thiol groups is 1. The topological polar surface area (TPSA) is 9.23 Å². The van der Waals surface area contributed by atoms with E-state index in [0.717, 1.165) is 12.4 Å². The van der Waals surface area contributed by atoms with Crippen molar-refractivity contribution < 1.29 is 4.74 Å². The van der Waals surface area contributed by atoms with Gasteiger partial charge in [-0.05, 0) is 24.2 Å². The Morgan fingerprint density at radius 2 is 1.88 bits per heavy atom. The summed E-state index contributed by atoms with van der Waals surface area (Å²) >= 11 is 4.42. The first-order valence-electron chi connectivity index (χ1n) is 6.17. The molecule has 1 aromatic rings. The number of rotatable bonds is 5. The molecule has 0 bridgehead atoms. The summed E-state index contributed by atoms with van der Waals surface area (Å²) < 4.78 is 5.96. The summed E-state index contributed by atoms with van der Waals surface area (Å²) in [6, 6.07) is 10.6. The van der Waals surface area contributed by atoms with E-state index in [9.17, 15) is 0 Å². The predicted octanol–water partition coefficient (Wildman–Crippen LogP) is 3.66. The molecule has 1 aliphatic carbocycles. The molecule has 2 rings (SSSR count). The molecule has 1 aromatic carbocycles. The minimum atomic E-state index is 0.435. The van der Waals surface area contributed by atoms with Gasteiger partial charge < -0.3 is 4.74 Å². The van der Waals surface area contributed by atoms with Crippen LogP contribution in [0.25, 0.3) is 0 Å². The third-order valence-electron chi connectivity index (χ3n) is 3.33. The van der Waals surface area contributed by atoms with E-state index < -0.39 is 0 Å². The van der Waals surface area contributed by atoms with Crippen LogP contribution in [0.3, 0.4) is 0 Å². The summed E-state index contributed by atoms with van der Waals surface area (Å²) in [6.45, 7) is 0.818. The highest BCUT2D eigenvalue weighted by molar-refractivity contribution is 7.80. The van der Waals surface area contributed by atoms with Gasteiger partial charge in [0.25, 0.3) is 0 Å². The van der Waals surface area contributed by atoms with Crippen LogP contribution in [-0.2, 0) is 4.74 Å². The van der Waals surface area contributed by atoms with Crippen LogP contribution in [0.1, 0.15) is 37.2 Å². The van der Waals surface area contributed by atoms with Crippen molar-refractivity contribution in [2.24, 2.45) is 0 Å². The molecule has 0 amide bonds. The predicted molar refractivity (Wildman–Crippen MR) is 71.2 cm³/mol. The molecule has 1 aliphatic rings. The second-order valence-corrected chi connectivity index (χ2v) is 4.90. The molecule has 0 saturated heterocycles. The first-order chi connectivity index (χ1) is 7.90. The van der Waals surface area contributed by atoms with Gasteiger partial charge in [-0.1, -0.05) is 43.2 Å². The second kappa shape index (κ2) is 6.31. The zero-order valence-electron chi connectivity index (χ0n) is 9.64. The Kier molecular flexibility index (Phi) is 4.73. The standard InChI is InChI=1S/C14H20OS/c16-11-13(12-6-2-1-3-7-12)10-15-14-8-4-5-9-14/h1-3,6-7,13-14,16H,4-5,8-11H2. The lowest BCUT2D eigenvalue weighted by atomic mass is 10.0. The molecular weight excluding hydrogens is 216 g/mol. The van der Waals surface area contributed by atoms with Gasteiger partial charge in [0, 0.05) is 5.92 Å². The molecule has 1 fully saturated rings. The van der Waals surface area contributed by atoms with Crippen molar-refractivity contribution in [1.29, 1.82) is 0 Å². The Labute approximate surface area is 104 Å². The number of ether oxygens (including phenoxy) is 1. The molecule has 0 aliphatic heterocycles. The average Bonchev–Trinajstić information content (AvgIpc) is 2.84. The highest BCUT2D eigenvalue weighted by Gasteiger charge is 2.17. The monoisotopic (exact) mass is 236 g/mol. The number of benzene rings is 1. The first-order valence-corrected chi connectivity index (χ1v) is 6.81. The van der Waals surface area contributed by atoms with Crippen molar-refractivity contribution in [1.82, 2.24) is 0 Å². The van der Waals surface area contributed by atoms with E-state index in [1.54, 1.807) is 0 Å². The van der Waals surface area contributed by atoms with Gasteiger partial charge >= 0.3 is 0 Å². The third kappa shape index (κ3) is 3.26. The van der Waals surface area contributed by atoms with Crippen LogP contribution in [0.4, 0.5) is 0 Å². The zero-order valence-corrected chi connectivity index (χ0v) is 10.5. The molecule has 0 N–H and O–H groups in total. The summed E-state index contributed by atoms with van der Waals surface area (Å²) in [4.78, 5) is 0. The summed E-state index contributed by atoms with van der Waals surface area (Å²) in [5.74, 6) is 1.29. The van der Waals surface area contributed by atoms with E-state index in [0.29, 0.717) is 12.0 Å². The van der Waals surface area contributed by atoms with E-state index in [2.05, 4.69) is 43.0 Å². The molecule has 1 unspecified atom stereocenters. The van der Waals surface area contributed by atoms with Crippen molar-refractivity contribution in [3.8, 4) is 0 Å². The SMILES string of the molecule is SCC(COC1CCCC1)c1ccccc1. The number of hydrogen-bond acceptors (Lipinski definition) is 2. The van der Waals surface area contributed by atoms with E-state index in [-0.39, 0.29) is 0 Å². The molecule has 0 radical (unpaired) electrons. The highest BCUT2D eigenvalue weighted by atomic mass is 32.1. The third-order valence-corrected chi connectivity index (χ3v) is 3.77. The normalized spacial score (nSPS) is 18.8. The first kappa shape index (κ1) is 12.0. The molecule has 0 aromatic heterocycles. The molecule has 1 nitrogen and oxygen atoms in total. The second-order valence-electron chi connectivity index (χ2n) is 4.53. The van der Waals surface area contributed by atoms with E-state index in [1.165, 1.54) is 31.2 Å². The van der Waals surface area contributed by atoms with Gasteiger partial charge in [0.1, 0.15) is 0 Å². The fourth-order valence-electron chi connectivity index (χ4n) is 2.29. The van der Waals surface area contributed by atoms with E-state index in [4.69, 9.17) is 4.74 Å². The van der Waals surface area contributed by atoms with Crippen molar-refractivity contribution >= 4 is 12.6 Å². The zero-order chi connectivity index (χ0) is 11.2. The van der Waals surface area contributed by atoms with Crippen molar-refractivity contribution in [2.75, 3.05) is 12.4 Å². The van der Waals surface area contributed by atoms with Crippen molar-refractivity contribution in [3.05, 3.63) is 35.9 Å². The molecule has 0 heterocycles. The van der Waals surface area contributed by atoms with Gasteiger partial charge in [0.05, 0.1) is 12.7 Å². The smallest absolute Gasteiger partial charge is 0.0575 e. The Bertz CT molecular complexity index is 293. The summed E-state index contributed by atoms with van der Waals surface area (Å²) in [6.07, 6.45) is 5.66. The molecule has 88 valence electrons. The van der Waals surface area contributed by atoms with Gasteiger partial charge in [-0.25, -0.2) is 0 Å². The highest BCUT2D eigenvalue weighted by Crippen LogP contribution is 2.24. The fraction of sp³-hybridized carbons (Fsp3) is 0.571. The lowest BCUT2D eigenvalue weighted by Crippen LogP contribution is -2.15. The number of hydrogen-bond donors (Lipinski definition) is 1. The van der Waals surface area contributed by atoms with Gasteiger partial charge in [0.15, 0.2) is 0 Å². The van der Waals surface area contributed by atoms with E-state index in [1.807, 2.05) is 0 Å². The molecule has 16 heavy (non-hydrogen) atoms. The maximum atomic E-state index is 5.96.